The van der Waals surface area contributed by atoms with E-state index in [0.29, 0.717) is 12.8 Å². The fourth-order valence-electron chi connectivity index (χ4n) is 1.96. The SMILES string of the molecule is FC(F)(F)C(F)(F)C(F)(F)c1noc2c1CCCC2. The zero-order chi connectivity index (χ0) is 14.5. The molecule has 0 N–H and O–H groups in total. The standard InChI is InChI=1S/C10H8F7NO/c11-8(12,9(13,14)10(15,16)17)7-5-3-1-2-4-6(5)19-18-7/h1-4H2. The number of fused-ring (bicyclic) bond motifs is 1. The van der Waals surface area contributed by atoms with Gasteiger partial charge in [-0.15, -0.1) is 0 Å². The van der Waals surface area contributed by atoms with E-state index in [4.69, 9.17) is 0 Å². The lowest BCUT2D eigenvalue weighted by Crippen LogP contribution is -2.50. The van der Waals surface area contributed by atoms with Crippen molar-refractivity contribution in [2.45, 2.75) is 43.7 Å². The molecule has 1 aromatic heterocycles. The summed E-state index contributed by atoms with van der Waals surface area (Å²) in [4.78, 5) is 0. The second-order valence-electron chi connectivity index (χ2n) is 4.29. The van der Waals surface area contributed by atoms with Crippen LogP contribution in [0.1, 0.15) is 29.9 Å². The van der Waals surface area contributed by atoms with Crippen LogP contribution in [0, 0.1) is 0 Å². The summed E-state index contributed by atoms with van der Waals surface area (Å²) >= 11 is 0. The fourth-order valence-corrected chi connectivity index (χ4v) is 1.96. The Balaban J connectivity index is 2.48. The van der Waals surface area contributed by atoms with Gasteiger partial charge in [-0.05, 0) is 19.3 Å². The van der Waals surface area contributed by atoms with E-state index in [0.717, 1.165) is 0 Å². The topological polar surface area (TPSA) is 26.0 Å². The molecule has 0 bridgehead atoms. The maximum Gasteiger partial charge on any atom is 0.460 e. The highest BCUT2D eigenvalue weighted by Gasteiger charge is 2.75. The van der Waals surface area contributed by atoms with E-state index in [9.17, 15) is 30.7 Å². The molecule has 1 aliphatic carbocycles. The Morgan fingerprint density at radius 3 is 2.05 bits per heavy atom. The highest BCUT2D eigenvalue weighted by atomic mass is 19.4. The number of hydrogen-bond donors (Lipinski definition) is 0. The Hall–Kier alpha value is -1.28. The van der Waals surface area contributed by atoms with Crippen LogP contribution in [0.25, 0.3) is 0 Å². The number of aromatic nitrogens is 1. The predicted octanol–water partition coefficient (Wildman–Crippen LogP) is 3.84. The van der Waals surface area contributed by atoms with Gasteiger partial charge in [0.25, 0.3) is 0 Å². The van der Waals surface area contributed by atoms with Gasteiger partial charge in [0.2, 0.25) is 0 Å². The second-order valence-corrected chi connectivity index (χ2v) is 4.29. The molecule has 9 heteroatoms. The van der Waals surface area contributed by atoms with Gasteiger partial charge >= 0.3 is 18.0 Å². The van der Waals surface area contributed by atoms with Crippen molar-refractivity contribution in [3.8, 4) is 0 Å². The van der Waals surface area contributed by atoms with Gasteiger partial charge in [-0.1, -0.05) is 5.16 Å². The fraction of sp³-hybridized carbons (Fsp3) is 0.700. The maximum absolute atomic E-state index is 13.5. The van der Waals surface area contributed by atoms with Crippen LogP contribution in [-0.4, -0.2) is 17.3 Å². The zero-order valence-corrected chi connectivity index (χ0v) is 9.33. The largest absolute Gasteiger partial charge is 0.460 e. The number of nitrogens with zero attached hydrogens (tertiary/aromatic N) is 1. The Morgan fingerprint density at radius 1 is 0.895 bits per heavy atom. The molecule has 0 atom stereocenters. The van der Waals surface area contributed by atoms with Crippen LogP contribution in [-0.2, 0) is 18.8 Å². The van der Waals surface area contributed by atoms with Gasteiger partial charge < -0.3 is 4.52 Å². The number of halogens is 7. The van der Waals surface area contributed by atoms with Crippen LogP contribution in [0.4, 0.5) is 30.7 Å². The molecular weight excluding hydrogens is 283 g/mol. The maximum atomic E-state index is 13.5. The van der Waals surface area contributed by atoms with Gasteiger partial charge in [0, 0.05) is 12.0 Å². The molecule has 0 unspecified atom stereocenters. The van der Waals surface area contributed by atoms with Crippen molar-refractivity contribution in [3.63, 3.8) is 0 Å². The molecule has 0 aromatic carbocycles. The average molecular weight is 291 g/mol. The summed E-state index contributed by atoms with van der Waals surface area (Å²) in [5.74, 6) is -11.7. The lowest BCUT2D eigenvalue weighted by atomic mass is 9.93. The Morgan fingerprint density at radius 2 is 1.47 bits per heavy atom. The van der Waals surface area contributed by atoms with Gasteiger partial charge in [0.05, 0.1) is 0 Å². The lowest BCUT2D eigenvalue weighted by molar-refractivity contribution is -0.360. The van der Waals surface area contributed by atoms with E-state index in [2.05, 4.69) is 9.68 Å². The third-order valence-electron chi connectivity index (χ3n) is 3.00. The van der Waals surface area contributed by atoms with E-state index in [-0.39, 0.29) is 24.2 Å². The number of alkyl halides is 7. The van der Waals surface area contributed by atoms with Crippen LogP contribution >= 0.6 is 0 Å². The van der Waals surface area contributed by atoms with Crippen LogP contribution in [0.3, 0.4) is 0 Å². The normalized spacial score (nSPS) is 17.4. The van der Waals surface area contributed by atoms with Gasteiger partial charge in [0.1, 0.15) is 5.76 Å². The van der Waals surface area contributed by atoms with E-state index < -0.39 is 23.7 Å². The molecule has 108 valence electrons. The molecule has 0 fully saturated rings. The summed E-state index contributed by atoms with van der Waals surface area (Å²) in [6.07, 6.45) is -5.21. The Labute approximate surface area is 102 Å². The predicted molar refractivity (Wildman–Crippen MR) is 48.0 cm³/mol. The van der Waals surface area contributed by atoms with Crippen LogP contribution in [0.5, 0.6) is 0 Å². The van der Waals surface area contributed by atoms with Crippen molar-refractivity contribution in [2.75, 3.05) is 0 Å². The van der Waals surface area contributed by atoms with E-state index >= 15 is 0 Å². The van der Waals surface area contributed by atoms with Crippen molar-refractivity contribution < 1.29 is 35.3 Å². The van der Waals surface area contributed by atoms with Gasteiger partial charge in [-0.3, -0.25) is 0 Å². The molecular formula is C10H8F7NO. The van der Waals surface area contributed by atoms with Crippen molar-refractivity contribution in [1.29, 1.82) is 0 Å². The summed E-state index contributed by atoms with van der Waals surface area (Å²) in [6, 6.07) is 0. The van der Waals surface area contributed by atoms with Crippen LogP contribution < -0.4 is 0 Å². The quantitative estimate of drug-likeness (QED) is 0.774. The van der Waals surface area contributed by atoms with Crippen molar-refractivity contribution in [3.05, 3.63) is 17.0 Å². The highest BCUT2D eigenvalue weighted by molar-refractivity contribution is 5.30. The third kappa shape index (κ3) is 1.99. The summed E-state index contributed by atoms with van der Waals surface area (Å²) in [5, 5.41) is 2.74. The summed E-state index contributed by atoms with van der Waals surface area (Å²) in [7, 11) is 0. The minimum absolute atomic E-state index is 0.0427. The first-order chi connectivity index (χ1) is 8.59. The summed E-state index contributed by atoms with van der Waals surface area (Å²) in [6.45, 7) is 0. The zero-order valence-electron chi connectivity index (χ0n) is 9.33. The molecule has 0 spiro atoms. The molecule has 1 heterocycles. The smallest absolute Gasteiger partial charge is 0.361 e. The van der Waals surface area contributed by atoms with E-state index in [1.807, 2.05) is 0 Å². The molecule has 0 aliphatic heterocycles. The van der Waals surface area contributed by atoms with Gasteiger partial charge in [-0.2, -0.15) is 30.7 Å². The lowest BCUT2D eigenvalue weighted by Gasteiger charge is -2.27. The molecule has 0 saturated carbocycles. The van der Waals surface area contributed by atoms with Crippen LogP contribution in [0.15, 0.2) is 4.52 Å². The first-order valence-electron chi connectivity index (χ1n) is 5.39. The van der Waals surface area contributed by atoms with Gasteiger partial charge in [-0.25, -0.2) is 0 Å². The first-order valence-corrected chi connectivity index (χ1v) is 5.39. The van der Waals surface area contributed by atoms with Crippen LogP contribution in [0.2, 0.25) is 0 Å². The summed E-state index contributed by atoms with van der Waals surface area (Å²) in [5.41, 5.74) is -1.94. The summed E-state index contributed by atoms with van der Waals surface area (Å²) < 4.78 is 93.3. The molecule has 2 rings (SSSR count). The van der Waals surface area contributed by atoms with Gasteiger partial charge in [0.15, 0.2) is 5.69 Å². The van der Waals surface area contributed by atoms with Crippen molar-refractivity contribution in [2.24, 2.45) is 0 Å². The number of aryl methyl sites for hydroxylation is 1. The molecule has 0 amide bonds. The molecule has 1 aromatic rings. The van der Waals surface area contributed by atoms with E-state index in [1.54, 1.807) is 0 Å². The Kier molecular flexibility index (Phi) is 3.06. The second kappa shape index (κ2) is 4.11. The molecule has 1 aliphatic rings. The third-order valence-corrected chi connectivity index (χ3v) is 3.00. The average Bonchev–Trinajstić information content (AvgIpc) is 2.71. The highest BCUT2D eigenvalue weighted by Crippen LogP contribution is 2.52. The number of hydrogen-bond acceptors (Lipinski definition) is 2. The Bertz CT molecular complexity index is 477. The van der Waals surface area contributed by atoms with Crippen molar-refractivity contribution >= 4 is 0 Å². The van der Waals surface area contributed by atoms with E-state index in [1.165, 1.54) is 0 Å². The molecule has 0 saturated heterocycles. The molecule has 0 radical (unpaired) electrons. The monoisotopic (exact) mass is 291 g/mol. The minimum atomic E-state index is -6.36. The first kappa shape index (κ1) is 14.1. The molecule has 19 heavy (non-hydrogen) atoms. The number of rotatable bonds is 2. The molecule has 2 nitrogen and oxygen atoms in total. The minimum Gasteiger partial charge on any atom is -0.361 e. The van der Waals surface area contributed by atoms with Crippen molar-refractivity contribution in [1.82, 2.24) is 5.16 Å².